The number of aromatic nitrogens is 4. The summed E-state index contributed by atoms with van der Waals surface area (Å²) in [6.07, 6.45) is 3.37. The van der Waals surface area contributed by atoms with E-state index in [1.165, 1.54) is 0 Å². The van der Waals surface area contributed by atoms with Crippen LogP contribution in [0.2, 0.25) is 0 Å². The summed E-state index contributed by atoms with van der Waals surface area (Å²) < 4.78 is 6.87. The van der Waals surface area contributed by atoms with Crippen LogP contribution in [0.4, 0.5) is 5.69 Å². The van der Waals surface area contributed by atoms with Gasteiger partial charge in [-0.3, -0.25) is 9.48 Å². The molecule has 3 aromatic heterocycles. The summed E-state index contributed by atoms with van der Waals surface area (Å²) >= 11 is 0. The Balaban J connectivity index is 1.71. The van der Waals surface area contributed by atoms with E-state index in [1.54, 1.807) is 29.2 Å². The molecule has 0 saturated heterocycles. The van der Waals surface area contributed by atoms with E-state index in [0.717, 1.165) is 22.7 Å². The van der Waals surface area contributed by atoms with Crippen LogP contribution in [-0.4, -0.2) is 25.8 Å². The Bertz CT molecular complexity index is 830. The average molecular weight is 311 g/mol. The zero-order valence-electron chi connectivity index (χ0n) is 13.2. The Hall–Kier alpha value is -2.96. The van der Waals surface area contributed by atoms with E-state index in [4.69, 9.17) is 4.52 Å². The summed E-state index contributed by atoms with van der Waals surface area (Å²) in [4.78, 5) is 16.4. The summed E-state index contributed by atoms with van der Waals surface area (Å²) in [5.41, 5.74) is 3.62. The molecule has 0 aliphatic carbocycles. The Morgan fingerprint density at radius 2 is 2.13 bits per heavy atom. The number of hydrogen-bond acceptors (Lipinski definition) is 5. The van der Waals surface area contributed by atoms with Crippen molar-refractivity contribution in [2.45, 2.75) is 27.3 Å². The van der Waals surface area contributed by atoms with Crippen LogP contribution in [0.5, 0.6) is 0 Å². The average Bonchev–Trinajstić information content (AvgIpc) is 3.09. The highest BCUT2D eigenvalue weighted by Gasteiger charge is 2.12. The van der Waals surface area contributed by atoms with Crippen molar-refractivity contribution in [3.05, 3.63) is 59.0 Å². The normalized spacial score (nSPS) is 10.7. The van der Waals surface area contributed by atoms with E-state index in [9.17, 15) is 4.79 Å². The van der Waals surface area contributed by atoms with E-state index >= 15 is 0 Å². The number of nitrogens with zero attached hydrogens (tertiary/aromatic N) is 4. The molecule has 0 fully saturated rings. The lowest BCUT2D eigenvalue weighted by Crippen LogP contribution is -2.13. The van der Waals surface area contributed by atoms with Crippen LogP contribution in [0.1, 0.15) is 33.2 Å². The third-order valence-corrected chi connectivity index (χ3v) is 3.51. The Morgan fingerprint density at radius 3 is 2.83 bits per heavy atom. The third kappa shape index (κ3) is 3.28. The van der Waals surface area contributed by atoms with Gasteiger partial charge < -0.3 is 9.84 Å². The van der Waals surface area contributed by atoms with Gasteiger partial charge in [0.15, 0.2) is 0 Å². The molecule has 1 N–H and O–H groups in total. The number of anilines is 1. The van der Waals surface area contributed by atoms with Gasteiger partial charge >= 0.3 is 0 Å². The number of carbonyl (C=O) groups is 1. The fourth-order valence-electron chi connectivity index (χ4n) is 2.27. The minimum atomic E-state index is -0.259. The maximum atomic E-state index is 12.2. The van der Waals surface area contributed by atoms with Crippen LogP contribution in [0, 0.1) is 20.8 Å². The van der Waals surface area contributed by atoms with Gasteiger partial charge in [0, 0.05) is 17.5 Å². The molecule has 0 aromatic carbocycles. The SMILES string of the molecule is Cc1cccc(C(=O)Nc2cnn(Cc3c(C)noc3C)c2)n1. The number of nitrogens with one attached hydrogen (secondary N) is 1. The summed E-state index contributed by atoms with van der Waals surface area (Å²) in [7, 11) is 0. The number of hydrogen-bond donors (Lipinski definition) is 1. The van der Waals surface area contributed by atoms with Crippen molar-refractivity contribution in [1.29, 1.82) is 0 Å². The lowest BCUT2D eigenvalue weighted by Gasteiger charge is -2.03. The highest BCUT2D eigenvalue weighted by atomic mass is 16.5. The number of pyridine rings is 1. The fourth-order valence-corrected chi connectivity index (χ4v) is 2.27. The van der Waals surface area contributed by atoms with Gasteiger partial charge in [-0.15, -0.1) is 0 Å². The second-order valence-corrected chi connectivity index (χ2v) is 5.35. The molecular formula is C16H17N5O2. The standard InChI is InChI=1S/C16H17N5O2/c1-10-5-4-6-15(18-10)16(22)19-13-7-17-21(8-13)9-14-11(2)20-23-12(14)3/h4-8H,9H2,1-3H3,(H,19,22). The van der Waals surface area contributed by atoms with Gasteiger partial charge in [0.05, 0.1) is 24.1 Å². The molecule has 0 spiro atoms. The van der Waals surface area contributed by atoms with E-state index in [1.807, 2.05) is 26.8 Å². The lowest BCUT2D eigenvalue weighted by molar-refractivity contribution is 0.102. The quantitative estimate of drug-likeness (QED) is 0.800. The smallest absolute Gasteiger partial charge is 0.274 e. The van der Waals surface area contributed by atoms with Crippen LogP contribution >= 0.6 is 0 Å². The molecule has 118 valence electrons. The Morgan fingerprint density at radius 1 is 1.30 bits per heavy atom. The van der Waals surface area contributed by atoms with Crippen molar-refractivity contribution in [1.82, 2.24) is 19.9 Å². The molecular weight excluding hydrogens is 294 g/mol. The first-order valence-corrected chi connectivity index (χ1v) is 7.22. The predicted molar refractivity (Wildman–Crippen MR) is 84.2 cm³/mol. The molecule has 0 atom stereocenters. The number of carbonyl (C=O) groups excluding carboxylic acids is 1. The predicted octanol–water partition coefficient (Wildman–Crippen LogP) is 2.49. The van der Waals surface area contributed by atoms with Crippen molar-refractivity contribution < 1.29 is 9.32 Å². The van der Waals surface area contributed by atoms with Crippen LogP contribution < -0.4 is 5.32 Å². The first-order valence-electron chi connectivity index (χ1n) is 7.22. The van der Waals surface area contributed by atoms with Gasteiger partial charge in [-0.25, -0.2) is 4.98 Å². The highest BCUT2D eigenvalue weighted by Crippen LogP contribution is 2.15. The van der Waals surface area contributed by atoms with Gasteiger partial charge in [-0.05, 0) is 32.9 Å². The first kappa shape index (κ1) is 15.0. The monoisotopic (exact) mass is 311 g/mol. The topological polar surface area (TPSA) is 85.8 Å². The molecule has 3 aromatic rings. The Kier molecular flexibility index (Phi) is 3.92. The molecule has 1 amide bonds. The fraction of sp³-hybridized carbons (Fsp3) is 0.250. The molecule has 0 radical (unpaired) electrons. The largest absolute Gasteiger partial charge is 0.361 e. The number of rotatable bonds is 4. The molecule has 0 unspecified atom stereocenters. The van der Waals surface area contributed by atoms with Crippen molar-refractivity contribution in [3.63, 3.8) is 0 Å². The zero-order chi connectivity index (χ0) is 16.4. The van der Waals surface area contributed by atoms with E-state index < -0.39 is 0 Å². The zero-order valence-corrected chi connectivity index (χ0v) is 13.2. The molecule has 0 bridgehead atoms. The maximum absolute atomic E-state index is 12.2. The van der Waals surface area contributed by atoms with Crippen LogP contribution in [-0.2, 0) is 6.54 Å². The van der Waals surface area contributed by atoms with Gasteiger partial charge in [-0.2, -0.15) is 5.10 Å². The van der Waals surface area contributed by atoms with Crippen molar-refractivity contribution in [3.8, 4) is 0 Å². The molecule has 23 heavy (non-hydrogen) atoms. The second kappa shape index (κ2) is 6.04. The van der Waals surface area contributed by atoms with Crippen molar-refractivity contribution in [2.75, 3.05) is 5.32 Å². The van der Waals surface area contributed by atoms with Gasteiger partial charge in [0.1, 0.15) is 11.5 Å². The summed E-state index contributed by atoms with van der Waals surface area (Å²) in [6.45, 7) is 6.14. The third-order valence-electron chi connectivity index (χ3n) is 3.51. The molecule has 0 aliphatic heterocycles. The van der Waals surface area contributed by atoms with Crippen LogP contribution in [0.15, 0.2) is 35.1 Å². The van der Waals surface area contributed by atoms with Crippen LogP contribution in [0.25, 0.3) is 0 Å². The molecule has 3 heterocycles. The lowest BCUT2D eigenvalue weighted by atomic mass is 10.2. The minimum absolute atomic E-state index is 0.259. The van der Waals surface area contributed by atoms with E-state index in [-0.39, 0.29) is 5.91 Å². The van der Waals surface area contributed by atoms with E-state index in [0.29, 0.717) is 17.9 Å². The number of amides is 1. The number of aryl methyl sites for hydroxylation is 3. The maximum Gasteiger partial charge on any atom is 0.274 e. The Labute approximate surface area is 133 Å². The molecule has 7 nitrogen and oxygen atoms in total. The van der Waals surface area contributed by atoms with E-state index in [2.05, 4.69) is 20.6 Å². The molecule has 0 saturated carbocycles. The molecule has 7 heteroatoms. The minimum Gasteiger partial charge on any atom is -0.361 e. The first-order chi connectivity index (χ1) is 11.0. The molecule has 0 aliphatic rings. The summed E-state index contributed by atoms with van der Waals surface area (Å²) in [5, 5.41) is 11.0. The van der Waals surface area contributed by atoms with Crippen molar-refractivity contribution >= 4 is 11.6 Å². The van der Waals surface area contributed by atoms with Gasteiger partial charge in [0.25, 0.3) is 5.91 Å². The van der Waals surface area contributed by atoms with Crippen molar-refractivity contribution in [2.24, 2.45) is 0 Å². The molecule has 3 rings (SSSR count). The highest BCUT2D eigenvalue weighted by molar-refractivity contribution is 6.02. The van der Waals surface area contributed by atoms with Gasteiger partial charge in [0.2, 0.25) is 0 Å². The second-order valence-electron chi connectivity index (χ2n) is 5.35. The van der Waals surface area contributed by atoms with Crippen LogP contribution in [0.3, 0.4) is 0 Å². The summed E-state index contributed by atoms with van der Waals surface area (Å²) in [5.74, 6) is 0.512. The van der Waals surface area contributed by atoms with Gasteiger partial charge in [-0.1, -0.05) is 11.2 Å². The summed E-state index contributed by atoms with van der Waals surface area (Å²) in [6, 6.07) is 5.33.